The highest BCUT2D eigenvalue weighted by molar-refractivity contribution is 5.98. The minimum atomic E-state index is -0.113. The summed E-state index contributed by atoms with van der Waals surface area (Å²) in [6.45, 7) is 6.79. The average Bonchev–Trinajstić information content (AvgIpc) is 3.68. The molecular weight excluding hydrogens is 703 g/mol. The largest absolute Gasteiger partial charge is 0.456 e. The fourth-order valence-corrected chi connectivity index (χ4v) is 8.62. The normalized spacial score (nSPS) is 11.7. The molecule has 1 heterocycles. The highest BCUT2D eigenvalue weighted by atomic mass is 16.3. The Hall–Kier alpha value is -7.16. The van der Waals surface area contributed by atoms with Crippen LogP contribution in [0.4, 0.5) is 17.1 Å². The van der Waals surface area contributed by atoms with Crippen molar-refractivity contribution >= 4 is 49.6 Å². The van der Waals surface area contributed by atoms with E-state index in [1.165, 1.54) is 60.5 Å². The second-order valence-corrected chi connectivity index (χ2v) is 16.2. The van der Waals surface area contributed by atoms with E-state index in [-0.39, 0.29) is 5.41 Å². The summed E-state index contributed by atoms with van der Waals surface area (Å²) < 4.78 is 6.66. The van der Waals surface area contributed by atoms with Gasteiger partial charge in [0.2, 0.25) is 0 Å². The molecular formula is C56H43NO. The summed E-state index contributed by atoms with van der Waals surface area (Å²) in [5.41, 5.74) is 13.5. The molecule has 0 fully saturated rings. The molecule has 58 heavy (non-hydrogen) atoms. The van der Waals surface area contributed by atoms with Gasteiger partial charge in [0.05, 0.1) is 0 Å². The van der Waals surface area contributed by atoms with E-state index in [9.17, 15) is 0 Å². The van der Waals surface area contributed by atoms with Crippen molar-refractivity contribution in [3.05, 3.63) is 212 Å². The molecule has 2 heteroatoms. The van der Waals surface area contributed by atoms with Crippen molar-refractivity contribution in [1.82, 2.24) is 0 Å². The lowest BCUT2D eigenvalue weighted by atomic mass is 9.83. The third kappa shape index (κ3) is 6.43. The van der Waals surface area contributed by atoms with Crippen LogP contribution in [0.5, 0.6) is 0 Å². The van der Waals surface area contributed by atoms with Gasteiger partial charge in [-0.2, -0.15) is 0 Å². The van der Waals surface area contributed by atoms with Gasteiger partial charge in [0.1, 0.15) is 11.3 Å². The standard InChI is InChI=1S/C56H43NO/c1-56(2,3)54-52-21-8-9-24-53(52)58-55(54)44-17-10-18-47(37-44)57(46-35-31-43(32-36-46)51-23-12-16-41-14-5-7-20-49(41)51)45-33-29-39(30-34-45)38-25-27-42(28-26-38)50-22-11-15-40-13-4-6-19-48(40)50/h4-37H,1-3H3. The highest BCUT2D eigenvalue weighted by Gasteiger charge is 2.26. The van der Waals surface area contributed by atoms with Crippen LogP contribution in [0.2, 0.25) is 0 Å². The Kier molecular flexibility index (Phi) is 8.76. The van der Waals surface area contributed by atoms with E-state index in [0.717, 1.165) is 39.4 Å². The number of hydrogen-bond acceptors (Lipinski definition) is 2. The van der Waals surface area contributed by atoms with E-state index in [4.69, 9.17) is 4.42 Å². The van der Waals surface area contributed by atoms with Gasteiger partial charge in [-0.15, -0.1) is 0 Å². The molecule has 2 nitrogen and oxygen atoms in total. The molecule has 0 bridgehead atoms. The van der Waals surface area contributed by atoms with Crippen LogP contribution in [0.15, 0.2) is 211 Å². The number of fused-ring (bicyclic) bond motifs is 3. The molecule has 0 amide bonds. The molecule has 0 atom stereocenters. The molecule has 10 aromatic rings. The zero-order valence-corrected chi connectivity index (χ0v) is 33.0. The minimum Gasteiger partial charge on any atom is -0.456 e. The zero-order chi connectivity index (χ0) is 39.2. The van der Waals surface area contributed by atoms with Crippen LogP contribution >= 0.6 is 0 Å². The Morgan fingerprint density at radius 2 is 0.810 bits per heavy atom. The molecule has 0 saturated heterocycles. The Labute approximate surface area is 340 Å². The fraction of sp³-hybridized carbons (Fsp3) is 0.0714. The summed E-state index contributed by atoms with van der Waals surface area (Å²) in [4.78, 5) is 2.35. The van der Waals surface area contributed by atoms with Gasteiger partial charge in [-0.1, -0.05) is 185 Å². The third-order valence-corrected chi connectivity index (χ3v) is 11.4. The zero-order valence-electron chi connectivity index (χ0n) is 33.0. The molecule has 0 unspecified atom stereocenters. The predicted octanol–water partition coefficient (Wildman–Crippen LogP) is 16.2. The summed E-state index contributed by atoms with van der Waals surface area (Å²) in [5, 5.41) is 6.18. The Bertz CT molecular complexity index is 3060. The van der Waals surface area contributed by atoms with Crippen LogP contribution in [0.3, 0.4) is 0 Å². The average molecular weight is 746 g/mol. The number of anilines is 3. The summed E-state index contributed by atoms with van der Waals surface area (Å²) >= 11 is 0. The summed E-state index contributed by atoms with van der Waals surface area (Å²) in [5.74, 6) is 0.920. The molecule has 0 aliphatic rings. The maximum Gasteiger partial charge on any atom is 0.139 e. The number of hydrogen-bond donors (Lipinski definition) is 0. The van der Waals surface area contributed by atoms with Gasteiger partial charge < -0.3 is 9.32 Å². The van der Waals surface area contributed by atoms with Gasteiger partial charge in [-0.3, -0.25) is 0 Å². The molecule has 0 spiro atoms. The molecule has 0 aliphatic heterocycles. The minimum absolute atomic E-state index is 0.113. The first-order valence-corrected chi connectivity index (χ1v) is 20.1. The van der Waals surface area contributed by atoms with Crippen LogP contribution in [0.25, 0.3) is 77.2 Å². The second kappa shape index (κ2) is 14.4. The van der Waals surface area contributed by atoms with E-state index in [2.05, 4.69) is 226 Å². The lowest BCUT2D eigenvalue weighted by Crippen LogP contribution is -2.12. The smallest absolute Gasteiger partial charge is 0.139 e. The lowest BCUT2D eigenvalue weighted by molar-refractivity contribution is 0.568. The van der Waals surface area contributed by atoms with E-state index in [0.29, 0.717) is 0 Å². The van der Waals surface area contributed by atoms with Crippen molar-refractivity contribution in [1.29, 1.82) is 0 Å². The van der Waals surface area contributed by atoms with Crippen LogP contribution < -0.4 is 4.90 Å². The number of benzene rings is 9. The monoisotopic (exact) mass is 745 g/mol. The van der Waals surface area contributed by atoms with Crippen LogP contribution in [-0.2, 0) is 5.41 Å². The van der Waals surface area contributed by atoms with Crippen molar-refractivity contribution in [3.63, 3.8) is 0 Å². The first-order chi connectivity index (χ1) is 28.4. The number of nitrogens with zero attached hydrogens (tertiary/aromatic N) is 1. The quantitative estimate of drug-likeness (QED) is 0.162. The Balaban J connectivity index is 1.05. The first-order valence-electron chi connectivity index (χ1n) is 20.1. The predicted molar refractivity (Wildman–Crippen MR) is 246 cm³/mol. The third-order valence-electron chi connectivity index (χ3n) is 11.4. The topological polar surface area (TPSA) is 16.4 Å². The summed E-state index contributed by atoms with van der Waals surface area (Å²) in [6.07, 6.45) is 0. The van der Waals surface area contributed by atoms with E-state index < -0.39 is 0 Å². The summed E-state index contributed by atoms with van der Waals surface area (Å²) in [7, 11) is 0. The van der Waals surface area contributed by atoms with E-state index in [1.807, 2.05) is 6.07 Å². The summed E-state index contributed by atoms with van der Waals surface area (Å²) in [6, 6.07) is 74.3. The van der Waals surface area contributed by atoms with Crippen molar-refractivity contribution in [3.8, 4) is 44.7 Å². The van der Waals surface area contributed by atoms with Crippen LogP contribution in [0.1, 0.15) is 26.3 Å². The lowest BCUT2D eigenvalue weighted by Gasteiger charge is -2.27. The molecule has 9 aromatic carbocycles. The molecule has 278 valence electrons. The van der Waals surface area contributed by atoms with Gasteiger partial charge in [0, 0.05) is 33.6 Å². The van der Waals surface area contributed by atoms with Crippen molar-refractivity contribution in [2.24, 2.45) is 0 Å². The maximum atomic E-state index is 6.66. The molecule has 1 aromatic heterocycles. The van der Waals surface area contributed by atoms with E-state index >= 15 is 0 Å². The van der Waals surface area contributed by atoms with Crippen molar-refractivity contribution < 1.29 is 4.42 Å². The first kappa shape index (κ1) is 35.3. The molecule has 0 saturated carbocycles. The van der Waals surface area contributed by atoms with E-state index in [1.54, 1.807) is 0 Å². The van der Waals surface area contributed by atoms with Crippen LogP contribution in [0, 0.1) is 0 Å². The Morgan fingerprint density at radius 3 is 1.38 bits per heavy atom. The van der Waals surface area contributed by atoms with Gasteiger partial charge in [0.15, 0.2) is 0 Å². The Morgan fingerprint density at radius 1 is 0.362 bits per heavy atom. The number of rotatable bonds is 7. The second-order valence-electron chi connectivity index (χ2n) is 16.2. The van der Waals surface area contributed by atoms with Gasteiger partial charge >= 0.3 is 0 Å². The molecule has 10 rings (SSSR count). The van der Waals surface area contributed by atoms with Gasteiger partial charge in [-0.05, 0) is 103 Å². The maximum absolute atomic E-state index is 6.66. The van der Waals surface area contributed by atoms with Gasteiger partial charge in [-0.25, -0.2) is 0 Å². The van der Waals surface area contributed by atoms with Crippen LogP contribution in [-0.4, -0.2) is 0 Å². The van der Waals surface area contributed by atoms with Crippen molar-refractivity contribution in [2.45, 2.75) is 26.2 Å². The van der Waals surface area contributed by atoms with Gasteiger partial charge in [0.25, 0.3) is 0 Å². The molecule has 0 N–H and O–H groups in total. The number of para-hydroxylation sites is 1. The number of furan rings is 1. The molecule has 0 radical (unpaired) electrons. The van der Waals surface area contributed by atoms with Crippen molar-refractivity contribution in [2.75, 3.05) is 4.90 Å². The SMILES string of the molecule is CC(C)(C)c1c(-c2cccc(N(c3ccc(-c4ccc(-c5cccc6ccccc56)cc4)cc3)c3ccc(-c4cccc5ccccc45)cc3)c2)oc2ccccc12. The molecule has 0 aliphatic carbocycles. The highest BCUT2D eigenvalue weighted by Crippen LogP contribution is 2.44. The fourth-order valence-electron chi connectivity index (χ4n) is 8.62.